The molecule has 2 fully saturated rings. The van der Waals surface area contributed by atoms with Crippen molar-refractivity contribution in [3.63, 3.8) is 0 Å². The minimum Gasteiger partial charge on any atom is -0.444 e. The number of aromatic nitrogens is 1. The lowest BCUT2D eigenvalue weighted by Gasteiger charge is -2.33. The highest BCUT2D eigenvalue weighted by Crippen LogP contribution is 2.27. The molecule has 124 valence electrons. The lowest BCUT2D eigenvalue weighted by Crippen LogP contribution is -2.39. The van der Waals surface area contributed by atoms with E-state index in [9.17, 15) is 4.39 Å². The first-order valence-electron chi connectivity index (χ1n) is 7.91. The van der Waals surface area contributed by atoms with E-state index >= 15 is 0 Å². The van der Waals surface area contributed by atoms with Gasteiger partial charge >= 0.3 is 0 Å². The molecular formula is C17H21ClFN3O. The lowest BCUT2D eigenvalue weighted by molar-refractivity contribution is 0.141. The Morgan fingerprint density at radius 1 is 1.22 bits per heavy atom. The van der Waals surface area contributed by atoms with Crippen molar-refractivity contribution in [2.45, 2.75) is 13.0 Å². The van der Waals surface area contributed by atoms with Gasteiger partial charge in [-0.1, -0.05) is 0 Å². The van der Waals surface area contributed by atoms with Crippen molar-refractivity contribution >= 4 is 12.4 Å². The van der Waals surface area contributed by atoms with Crippen LogP contribution in [0.3, 0.4) is 0 Å². The smallest absolute Gasteiger partial charge is 0.226 e. The molecule has 6 heteroatoms. The first-order chi connectivity index (χ1) is 10.8. The van der Waals surface area contributed by atoms with Gasteiger partial charge in [0.1, 0.15) is 12.1 Å². The van der Waals surface area contributed by atoms with E-state index in [-0.39, 0.29) is 18.2 Å². The third-order valence-corrected chi connectivity index (χ3v) is 4.82. The summed E-state index contributed by atoms with van der Waals surface area (Å²) in [7, 11) is 0. The van der Waals surface area contributed by atoms with E-state index in [1.54, 1.807) is 18.4 Å². The molecule has 0 aliphatic carbocycles. The summed E-state index contributed by atoms with van der Waals surface area (Å²) >= 11 is 0. The van der Waals surface area contributed by atoms with Crippen LogP contribution in [0.15, 0.2) is 34.9 Å². The number of fused-ring (bicyclic) bond motifs is 1. The molecule has 1 N–H and O–H groups in total. The zero-order valence-corrected chi connectivity index (χ0v) is 13.7. The predicted molar refractivity (Wildman–Crippen MR) is 88.9 cm³/mol. The van der Waals surface area contributed by atoms with Gasteiger partial charge in [0, 0.05) is 18.7 Å². The highest BCUT2D eigenvalue weighted by atomic mass is 35.5. The largest absolute Gasteiger partial charge is 0.444 e. The molecule has 23 heavy (non-hydrogen) atoms. The first kappa shape index (κ1) is 16.4. The van der Waals surface area contributed by atoms with Crippen LogP contribution >= 0.6 is 12.4 Å². The molecule has 0 amide bonds. The number of nitrogens with zero attached hydrogens (tertiary/aromatic N) is 2. The first-order valence-corrected chi connectivity index (χ1v) is 7.91. The fourth-order valence-corrected chi connectivity index (χ4v) is 3.59. The van der Waals surface area contributed by atoms with Crippen molar-refractivity contribution in [3.05, 3.63) is 42.0 Å². The number of piperidine rings is 1. The van der Waals surface area contributed by atoms with Crippen LogP contribution < -0.4 is 5.32 Å². The maximum absolute atomic E-state index is 13.0. The minimum absolute atomic E-state index is 0. The molecule has 0 bridgehead atoms. The summed E-state index contributed by atoms with van der Waals surface area (Å²) in [6.07, 6.45) is 2.98. The van der Waals surface area contributed by atoms with Crippen LogP contribution in [0.25, 0.3) is 11.5 Å². The zero-order valence-electron chi connectivity index (χ0n) is 12.9. The van der Waals surface area contributed by atoms with Gasteiger partial charge < -0.3 is 9.73 Å². The van der Waals surface area contributed by atoms with E-state index in [1.807, 2.05) is 0 Å². The topological polar surface area (TPSA) is 41.3 Å². The highest BCUT2D eigenvalue weighted by Gasteiger charge is 2.32. The monoisotopic (exact) mass is 337 g/mol. The van der Waals surface area contributed by atoms with Gasteiger partial charge in [0.2, 0.25) is 5.89 Å². The SMILES string of the molecule is Cl.Fc1ccc(-c2nc(CN3CCC4CNCC4C3)co2)cc1. The van der Waals surface area contributed by atoms with E-state index in [1.165, 1.54) is 25.1 Å². The summed E-state index contributed by atoms with van der Waals surface area (Å²) in [6.45, 7) is 5.41. The van der Waals surface area contributed by atoms with Crippen LogP contribution in [0, 0.1) is 17.7 Å². The Balaban J connectivity index is 0.00000156. The number of halogens is 2. The number of benzene rings is 1. The average Bonchev–Trinajstić information content (AvgIpc) is 3.17. The second kappa shape index (κ2) is 6.99. The van der Waals surface area contributed by atoms with Crippen LogP contribution in [0.1, 0.15) is 12.1 Å². The van der Waals surface area contributed by atoms with E-state index in [0.717, 1.165) is 49.3 Å². The molecule has 2 aromatic rings. The molecule has 1 aromatic carbocycles. The van der Waals surface area contributed by atoms with E-state index in [4.69, 9.17) is 4.42 Å². The molecule has 2 aliphatic heterocycles. The third-order valence-electron chi connectivity index (χ3n) is 4.82. The van der Waals surface area contributed by atoms with Crippen molar-refractivity contribution in [1.82, 2.24) is 15.2 Å². The van der Waals surface area contributed by atoms with E-state index < -0.39 is 0 Å². The Kier molecular flexibility index (Phi) is 4.99. The van der Waals surface area contributed by atoms with E-state index in [0.29, 0.717) is 5.89 Å². The van der Waals surface area contributed by atoms with Gasteiger partial charge in [-0.2, -0.15) is 0 Å². The highest BCUT2D eigenvalue weighted by molar-refractivity contribution is 5.85. The van der Waals surface area contributed by atoms with Gasteiger partial charge in [0.15, 0.2) is 0 Å². The average molecular weight is 338 g/mol. The van der Waals surface area contributed by atoms with Gasteiger partial charge in [-0.05, 0) is 62.2 Å². The van der Waals surface area contributed by atoms with Crippen molar-refractivity contribution in [2.75, 3.05) is 26.2 Å². The predicted octanol–water partition coefficient (Wildman–Crippen LogP) is 2.94. The normalized spacial score (nSPS) is 24.2. The number of oxazole rings is 1. The van der Waals surface area contributed by atoms with E-state index in [2.05, 4.69) is 15.2 Å². The van der Waals surface area contributed by atoms with Crippen molar-refractivity contribution in [1.29, 1.82) is 0 Å². The Morgan fingerprint density at radius 2 is 2.00 bits per heavy atom. The molecular weight excluding hydrogens is 317 g/mol. The summed E-state index contributed by atoms with van der Waals surface area (Å²) in [5.41, 5.74) is 1.76. The molecule has 2 unspecified atom stereocenters. The molecule has 2 saturated heterocycles. The quantitative estimate of drug-likeness (QED) is 0.935. The number of likely N-dealkylation sites (tertiary alicyclic amines) is 1. The second-order valence-corrected chi connectivity index (χ2v) is 6.35. The van der Waals surface area contributed by atoms with Crippen molar-refractivity contribution < 1.29 is 8.81 Å². The number of nitrogens with one attached hydrogen (secondary N) is 1. The molecule has 0 radical (unpaired) electrons. The Hall–Kier alpha value is -1.43. The van der Waals surface area contributed by atoms with Crippen molar-refractivity contribution in [2.24, 2.45) is 11.8 Å². The van der Waals surface area contributed by atoms with Crippen LogP contribution in [-0.2, 0) is 6.54 Å². The maximum Gasteiger partial charge on any atom is 0.226 e. The number of rotatable bonds is 3. The minimum atomic E-state index is -0.247. The van der Waals surface area contributed by atoms with Gasteiger partial charge in [0.05, 0.1) is 5.69 Å². The summed E-state index contributed by atoms with van der Waals surface area (Å²) < 4.78 is 18.5. The van der Waals surface area contributed by atoms with Crippen LogP contribution in [-0.4, -0.2) is 36.1 Å². The standard InChI is InChI=1S/C17H20FN3O.ClH/c18-15-3-1-12(2-4-15)17-20-16(11-22-17)10-21-6-5-13-7-19-8-14(13)9-21;/h1-4,11,13-14,19H,5-10H2;1H. The molecule has 0 spiro atoms. The van der Waals surface area contributed by atoms with Gasteiger partial charge in [-0.25, -0.2) is 9.37 Å². The summed E-state index contributed by atoms with van der Waals surface area (Å²) in [5.74, 6) is 1.94. The van der Waals surface area contributed by atoms with Gasteiger partial charge in [-0.15, -0.1) is 12.4 Å². The second-order valence-electron chi connectivity index (χ2n) is 6.35. The fourth-order valence-electron chi connectivity index (χ4n) is 3.59. The molecule has 4 nitrogen and oxygen atoms in total. The maximum atomic E-state index is 13.0. The molecule has 4 rings (SSSR count). The molecule has 1 aromatic heterocycles. The summed E-state index contributed by atoms with van der Waals surface area (Å²) in [4.78, 5) is 7.00. The third kappa shape index (κ3) is 3.57. The Labute approximate surface area is 141 Å². The van der Waals surface area contributed by atoms with Gasteiger partial charge in [0.25, 0.3) is 0 Å². The fraction of sp³-hybridized carbons (Fsp3) is 0.471. The Morgan fingerprint density at radius 3 is 2.83 bits per heavy atom. The van der Waals surface area contributed by atoms with Gasteiger partial charge in [-0.3, -0.25) is 4.90 Å². The Bertz CT molecular complexity index is 646. The molecule has 0 saturated carbocycles. The van der Waals surface area contributed by atoms with Crippen molar-refractivity contribution in [3.8, 4) is 11.5 Å². The molecule has 3 heterocycles. The summed E-state index contributed by atoms with van der Waals surface area (Å²) in [5, 5.41) is 3.49. The molecule has 2 aliphatic rings. The molecule has 2 atom stereocenters. The van der Waals surface area contributed by atoms with Crippen LogP contribution in [0.2, 0.25) is 0 Å². The summed E-state index contributed by atoms with van der Waals surface area (Å²) in [6, 6.07) is 6.25. The lowest BCUT2D eigenvalue weighted by atomic mass is 9.89. The zero-order chi connectivity index (χ0) is 14.9. The number of hydrogen-bond acceptors (Lipinski definition) is 4. The van der Waals surface area contributed by atoms with Crippen LogP contribution in [0.4, 0.5) is 4.39 Å². The number of hydrogen-bond donors (Lipinski definition) is 1. The van der Waals surface area contributed by atoms with Crippen LogP contribution in [0.5, 0.6) is 0 Å².